The van der Waals surface area contributed by atoms with Gasteiger partial charge in [-0.15, -0.1) is 0 Å². The van der Waals surface area contributed by atoms with Crippen LogP contribution in [-0.4, -0.2) is 108 Å². The molecule has 0 aliphatic heterocycles. The summed E-state index contributed by atoms with van der Waals surface area (Å²) in [5.74, 6) is -0.605. The van der Waals surface area contributed by atoms with Crippen LogP contribution in [0.2, 0.25) is 0 Å². The zero-order valence-electron chi connectivity index (χ0n) is 42.8. The fraction of sp³-hybridized carbons (Fsp3) is 0.870. The first-order chi connectivity index (χ1) is 32.8. The van der Waals surface area contributed by atoms with E-state index in [1.165, 1.54) is 147 Å². The van der Waals surface area contributed by atoms with E-state index in [4.69, 9.17) is 9.05 Å². The average molecular weight is 988 g/mol. The van der Waals surface area contributed by atoms with Gasteiger partial charge in [0.25, 0.3) is 0 Å². The third kappa shape index (κ3) is 34.0. The zero-order valence-corrected chi connectivity index (χ0v) is 43.7. The molecule has 14 heteroatoms. The monoisotopic (exact) mass is 988 g/mol. The minimum Gasteiger partial charge on any atom is -0.393 e. The van der Waals surface area contributed by atoms with Crippen molar-refractivity contribution >= 4 is 13.7 Å². The zero-order chi connectivity index (χ0) is 50.1. The van der Waals surface area contributed by atoms with Gasteiger partial charge in [0.15, 0.2) is 0 Å². The molecule has 0 aromatic heterocycles. The molecule has 0 saturated heterocycles. The van der Waals surface area contributed by atoms with Gasteiger partial charge in [0.2, 0.25) is 5.91 Å². The van der Waals surface area contributed by atoms with Crippen molar-refractivity contribution in [2.75, 3.05) is 6.61 Å². The molecule has 0 heterocycles. The van der Waals surface area contributed by atoms with Gasteiger partial charge in [0, 0.05) is 0 Å². The maximum absolute atomic E-state index is 13.1. The average Bonchev–Trinajstić information content (AvgIpc) is 3.31. The van der Waals surface area contributed by atoms with Crippen molar-refractivity contribution in [1.82, 2.24) is 5.32 Å². The number of phosphoric acid groups is 1. The number of carbonyl (C=O) groups excluding carboxylic acids is 1. The third-order valence-electron chi connectivity index (χ3n) is 13.2. The highest BCUT2D eigenvalue weighted by Crippen LogP contribution is 2.47. The van der Waals surface area contributed by atoms with E-state index >= 15 is 0 Å². The molecule has 8 atom stereocenters. The highest BCUT2D eigenvalue weighted by Gasteiger charge is 2.51. The molecule has 1 amide bonds. The van der Waals surface area contributed by atoms with Crippen LogP contribution in [0.3, 0.4) is 0 Å². The van der Waals surface area contributed by atoms with Crippen LogP contribution in [-0.2, 0) is 18.4 Å². The first-order valence-corrected chi connectivity index (χ1v) is 29.0. The maximum Gasteiger partial charge on any atom is 0.472 e. The Hall–Kier alpha value is -1.48. The molecule has 1 fully saturated rings. The highest BCUT2D eigenvalue weighted by atomic mass is 31.2. The first kappa shape index (κ1) is 64.5. The summed E-state index contributed by atoms with van der Waals surface area (Å²) >= 11 is 0. The van der Waals surface area contributed by atoms with E-state index in [1.807, 2.05) is 0 Å². The second-order valence-corrected chi connectivity index (χ2v) is 21.0. The summed E-state index contributed by atoms with van der Waals surface area (Å²) in [6.07, 6.45) is 38.0. The Morgan fingerprint density at radius 3 is 1.29 bits per heavy atom. The standard InChI is InChI=1S/C54H102NO12P/c1-3-5-7-9-11-13-15-17-19-21-22-23-24-26-27-29-31-33-35-37-39-41-45(56)43-48(58)55-46(44-66-68(64,65)67-54-52(62)50(60)49(59)51(61)53(54)63)47(57)42-40-38-36-34-32-30-28-25-20-18-16-14-12-10-8-6-4-2/h26-27,32,34,40,42,45-47,49-54,56-57,59-63H,3-25,28-31,33,35-39,41,43-44H2,1-2H3,(H,55,58)(H,64,65)/b27-26-,34-32+,42-40+. The number of rotatable bonds is 46. The van der Waals surface area contributed by atoms with Gasteiger partial charge in [-0.05, 0) is 57.8 Å². The Labute approximate surface area is 413 Å². The number of unbranched alkanes of at least 4 members (excludes halogenated alkanes) is 29. The molecule has 0 radical (unpaired) electrons. The van der Waals surface area contributed by atoms with E-state index in [9.17, 15) is 50.0 Å². The molecule has 13 nitrogen and oxygen atoms in total. The van der Waals surface area contributed by atoms with Crippen molar-refractivity contribution in [3.05, 3.63) is 36.5 Å². The summed E-state index contributed by atoms with van der Waals surface area (Å²) in [4.78, 5) is 23.5. The lowest BCUT2D eigenvalue weighted by atomic mass is 9.85. The van der Waals surface area contributed by atoms with Crippen LogP contribution in [0.15, 0.2) is 36.5 Å². The molecule has 1 rings (SSSR count). The van der Waals surface area contributed by atoms with Crippen LogP contribution in [0, 0.1) is 0 Å². The predicted octanol–water partition coefficient (Wildman–Crippen LogP) is 10.9. The van der Waals surface area contributed by atoms with Gasteiger partial charge >= 0.3 is 7.82 Å². The molecule has 9 N–H and O–H groups in total. The largest absolute Gasteiger partial charge is 0.472 e. The van der Waals surface area contributed by atoms with Crippen molar-refractivity contribution in [3.63, 3.8) is 0 Å². The second kappa shape index (κ2) is 43.1. The molecule has 8 unspecified atom stereocenters. The number of carbonyl (C=O) groups is 1. The number of nitrogens with one attached hydrogen (secondary N) is 1. The molecule has 1 saturated carbocycles. The Bertz CT molecular complexity index is 1300. The van der Waals surface area contributed by atoms with E-state index in [0.29, 0.717) is 12.8 Å². The number of aliphatic hydroxyl groups excluding tert-OH is 7. The summed E-state index contributed by atoms with van der Waals surface area (Å²) in [6.45, 7) is 3.76. The van der Waals surface area contributed by atoms with E-state index in [-0.39, 0.29) is 6.42 Å². The molecule has 1 aliphatic carbocycles. The molecule has 0 aromatic rings. The third-order valence-corrected chi connectivity index (χ3v) is 14.2. The van der Waals surface area contributed by atoms with Gasteiger partial charge in [0.05, 0.1) is 31.3 Å². The topological polar surface area (TPSA) is 226 Å². The number of amides is 1. The SMILES string of the molecule is CCCCCCCCCCCCC/C=C/CC/C=C/C(O)C(COP(=O)(O)OC1C(O)C(O)C(O)C(O)C1O)NC(=O)CC(O)CCCCCCC/C=C\CCCCCCCCCCCCCC. The van der Waals surface area contributed by atoms with Gasteiger partial charge in [-0.2, -0.15) is 0 Å². The fourth-order valence-corrected chi connectivity index (χ4v) is 9.69. The predicted molar refractivity (Wildman–Crippen MR) is 275 cm³/mol. The van der Waals surface area contributed by atoms with Crippen LogP contribution in [0.25, 0.3) is 0 Å². The lowest BCUT2D eigenvalue weighted by Gasteiger charge is -2.41. The summed E-state index contributed by atoms with van der Waals surface area (Å²) in [5.41, 5.74) is 0. The van der Waals surface area contributed by atoms with Crippen LogP contribution in [0.1, 0.15) is 239 Å². The summed E-state index contributed by atoms with van der Waals surface area (Å²) in [6, 6.07) is -1.26. The number of aliphatic hydroxyl groups is 7. The quantitative estimate of drug-likeness (QED) is 0.0158. The Morgan fingerprint density at radius 2 is 0.868 bits per heavy atom. The minimum atomic E-state index is -5.16. The number of phosphoric ester groups is 1. The highest BCUT2D eigenvalue weighted by molar-refractivity contribution is 7.47. The molecule has 0 spiro atoms. The first-order valence-electron chi connectivity index (χ1n) is 27.5. The molecular weight excluding hydrogens is 886 g/mol. The normalized spacial score (nSPS) is 22.3. The van der Waals surface area contributed by atoms with Gasteiger partial charge in [-0.25, -0.2) is 4.57 Å². The van der Waals surface area contributed by atoms with Crippen molar-refractivity contribution in [1.29, 1.82) is 0 Å². The number of hydrogen-bond acceptors (Lipinski definition) is 11. The Morgan fingerprint density at radius 1 is 0.515 bits per heavy atom. The molecule has 0 aromatic carbocycles. The molecule has 0 bridgehead atoms. The minimum absolute atomic E-state index is 0.257. The van der Waals surface area contributed by atoms with Crippen molar-refractivity contribution in [2.45, 2.75) is 293 Å². The lowest BCUT2D eigenvalue weighted by molar-refractivity contribution is -0.220. The van der Waals surface area contributed by atoms with E-state index in [2.05, 4.69) is 43.5 Å². The van der Waals surface area contributed by atoms with Gasteiger partial charge in [-0.3, -0.25) is 13.8 Å². The maximum atomic E-state index is 13.1. The van der Waals surface area contributed by atoms with Crippen molar-refractivity contribution in [3.8, 4) is 0 Å². The summed E-state index contributed by atoms with van der Waals surface area (Å²) in [5, 5.41) is 74.7. The van der Waals surface area contributed by atoms with Crippen molar-refractivity contribution in [2.24, 2.45) is 0 Å². The van der Waals surface area contributed by atoms with Crippen molar-refractivity contribution < 1.29 is 59.0 Å². The molecule has 400 valence electrons. The number of hydrogen-bond donors (Lipinski definition) is 9. The van der Waals surface area contributed by atoms with Gasteiger partial charge in [-0.1, -0.05) is 211 Å². The van der Waals surface area contributed by atoms with E-state index < -0.39 is 75.2 Å². The Balaban J connectivity index is 2.46. The lowest BCUT2D eigenvalue weighted by Crippen LogP contribution is -2.64. The second-order valence-electron chi connectivity index (χ2n) is 19.6. The summed E-state index contributed by atoms with van der Waals surface area (Å²) < 4.78 is 22.9. The Kier molecular flexibility index (Phi) is 40.9. The van der Waals surface area contributed by atoms with Crippen LogP contribution in [0.4, 0.5) is 0 Å². The smallest absolute Gasteiger partial charge is 0.393 e. The van der Waals surface area contributed by atoms with Gasteiger partial charge < -0.3 is 46.0 Å². The van der Waals surface area contributed by atoms with Gasteiger partial charge in [0.1, 0.15) is 36.6 Å². The van der Waals surface area contributed by atoms with Crippen LogP contribution >= 0.6 is 7.82 Å². The molecular formula is C54H102NO12P. The summed E-state index contributed by atoms with van der Waals surface area (Å²) in [7, 11) is -5.16. The van der Waals surface area contributed by atoms with Crippen LogP contribution < -0.4 is 5.32 Å². The molecule has 1 aliphatic rings. The van der Waals surface area contributed by atoms with E-state index in [1.54, 1.807) is 6.08 Å². The van der Waals surface area contributed by atoms with Crippen LogP contribution in [0.5, 0.6) is 0 Å². The van der Waals surface area contributed by atoms with E-state index in [0.717, 1.165) is 64.2 Å². The number of allylic oxidation sites excluding steroid dienone is 5. The molecule has 68 heavy (non-hydrogen) atoms. The fourth-order valence-electron chi connectivity index (χ4n) is 8.72.